The number of hydrogen-bond acceptors (Lipinski definition) is 6. The summed E-state index contributed by atoms with van der Waals surface area (Å²) < 4.78 is 16.8. The first-order valence-electron chi connectivity index (χ1n) is 32.9. The fourth-order valence-corrected chi connectivity index (χ4v) is 9.46. The fraction of sp³-hybridized carbons (Fsp3) is 0.786. The maximum Gasteiger partial charge on any atom is 0.306 e. The minimum atomic E-state index is -0.777. The maximum atomic E-state index is 12.8. The van der Waals surface area contributed by atoms with Crippen LogP contribution in [0, 0.1) is 0 Å². The van der Waals surface area contributed by atoms with E-state index in [1.165, 1.54) is 205 Å². The zero-order valence-electron chi connectivity index (χ0n) is 50.5. The van der Waals surface area contributed by atoms with E-state index in [0.29, 0.717) is 19.3 Å². The highest BCUT2D eigenvalue weighted by atomic mass is 16.6. The van der Waals surface area contributed by atoms with Gasteiger partial charge in [-0.2, -0.15) is 0 Å². The van der Waals surface area contributed by atoms with E-state index in [4.69, 9.17) is 14.2 Å². The zero-order chi connectivity index (χ0) is 55.0. The lowest BCUT2D eigenvalue weighted by molar-refractivity contribution is -0.167. The molecular formula is C70H124O6. The van der Waals surface area contributed by atoms with Crippen molar-refractivity contribution in [2.45, 2.75) is 341 Å². The van der Waals surface area contributed by atoms with Crippen molar-refractivity contribution >= 4 is 17.9 Å². The van der Waals surface area contributed by atoms with Crippen LogP contribution in [0.2, 0.25) is 0 Å². The number of carbonyl (C=O) groups is 3. The van der Waals surface area contributed by atoms with Crippen molar-refractivity contribution in [3.8, 4) is 0 Å². The fourth-order valence-electron chi connectivity index (χ4n) is 9.46. The molecule has 0 aromatic carbocycles. The van der Waals surface area contributed by atoms with Crippen LogP contribution in [0.15, 0.2) is 72.9 Å². The minimum absolute atomic E-state index is 0.0766. The molecule has 440 valence electrons. The van der Waals surface area contributed by atoms with Crippen molar-refractivity contribution in [3.63, 3.8) is 0 Å². The Hall–Kier alpha value is -3.15. The average Bonchev–Trinajstić information content (AvgIpc) is 3.42. The topological polar surface area (TPSA) is 78.9 Å². The first kappa shape index (κ1) is 72.8. The second-order valence-electron chi connectivity index (χ2n) is 22.0. The van der Waals surface area contributed by atoms with Crippen LogP contribution in [0.5, 0.6) is 0 Å². The lowest BCUT2D eigenvalue weighted by Crippen LogP contribution is -2.30. The molecule has 0 rings (SSSR count). The summed E-state index contributed by atoms with van der Waals surface area (Å²) in [4.78, 5) is 38.0. The number of hydrogen-bond donors (Lipinski definition) is 0. The van der Waals surface area contributed by atoms with Gasteiger partial charge in [-0.15, -0.1) is 0 Å². The first-order chi connectivity index (χ1) is 37.5. The molecule has 0 aliphatic heterocycles. The van der Waals surface area contributed by atoms with Crippen LogP contribution < -0.4 is 0 Å². The molecule has 6 heteroatoms. The molecule has 0 N–H and O–H groups in total. The third kappa shape index (κ3) is 61.7. The van der Waals surface area contributed by atoms with Crippen LogP contribution in [0.1, 0.15) is 335 Å². The van der Waals surface area contributed by atoms with E-state index in [9.17, 15) is 14.4 Å². The van der Waals surface area contributed by atoms with Gasteiger partial charge in [0.25, 0.3) is 0 Å². The molecule has 0 fully saturated rings. The van der Waals surface area contributed by atoms with E-state index in [2.05, 4.69) is 93.7 Å². The smallest absolute Gasteiger partial charge is 0.306 e. The molecule has 76 heavy (non-hydrogen) atoms. The summed E-state index contributed by atoms with van der Waals surface area (Å²) in [6, 6.07) is 0. The predicted octanol–water partition coefficient (Wildman–Crippen LogP) is 22.5. The van der Waals surface area contributed by atoms with Gasteiger partial charge in [0.15, 0.2) is 6.10 Å². The van der Waals surface area contributed by atoms with Crippen LogP contribution in [0.25, 0.3) is 0 Å². The summed E-state index contributed by atoms with van der Waals surface area (Å²) in [5.74, 6) is -0.881. The van der Waals surface area contributed by atoms with Crippen molar-refractivity contribution in [2.24, 2.45) is 0 Å². The van der Waals surface area contributed by atoms with Crippen LogP contribution >= 0.6 is 0 Å². The predicted molar refractivity (Wildman–Crippen MR) is 330 cm³/mol. The maximum absolute atomic E-state index is 12.8. The molecule has 0 radical (unpaired) electrons. The lowest BCUT2D eigenvalue weighted by Gasteiger charge is -2.18. The molecule has 0 heterocycles. The summed E-state index contributed by atoms with van der Waals surface area (Å²) in [6.07, 6.45) is 83.8. The highest BCUT2D eigenvalue weighted by molar-refractivity contribution is 5.71. The van der Waals surface area contributed by atoms with Crippen molar-refractivity contribution in [1.82, 2.24) is 0 Å². The number of esters is 3. The van der Waals surface area contributed by atoms with E-state index in [1.807, 2.05) is 0 Å². The quantitative estimate of drug-likeness (QED) is 0.0261. The summed E-state index contributed by atoms with van der Waals surface area (Å²) in [5.41, 5.74) is 0. The molecular weight excluding hydrogens is 937 g/mol. The number of carbonyl (C=O) groups excluding carboxylic acids is 3. The zero-order valence-corrected chi connectivity index (χ0v) is 50.5. The number of unbranched alkanes of at least 4 members (excludes halogenated alkanes) is 37. The van der Waals surface area contributed by atoms with E-state index in [-0.39, 0.29) is 31.1 Å². The molecule has 0 aliphatic rings. The molecule has 0 spiro atoms. The van der Waals surface area contributed by atoms with Crippen LogP contribution in [0.3, 0.4) is 0 Å². The first-order valence-corrected chi connectivity index (χ1v) is 32.9. The Morgan fingerprint density at radius 2 is 0.474 bits per heavy atom. The highest BCUT2D eigenvalue weighted by Gasteiger charge is 2.19. The molecule has 1 atom stereocenters. The number of rotatable bonds is 60. The third-order valence-electron chi connectivity index (χ3n) is 14.4. The van der Waals surface area contributed by atoms with Gasteiger partial charge in [-0.3, -0.25) is 14.4 Å². The van der Waals surface area contributed by atoms with Gasteiger partial charge in [0.2, 0.25) is 0 Å². The molecule has 0 saturated heterocycles. The Morgan fingerprint density at radius 3 is 0.737 bits per heavy atom. The minimum Gasteiger partial charge on any atom is -0.462 e. The second-order valence-corrected chi connectivity index (χ2v) is 22.0. The molecule has 0 amide bonds. The third-order valence-corrected chi connectivity index (χ3v) is 14.4. The molecule has 0 aromatic rings. The van der Waals surface area contributed by atoms with Crippen LogP contribution in [-0.2, 0) is 28.6 Å². The molecule has 1 unspecified atom stereocenters. The van der Waals surface area contributed by atoms with Crippen molar-refractivity contribution < 1.29 is 28.6 Å². The molecule has 0 bridgehead atoms. The van der Waals surface area contributed by atoms with E-state index >= 15 is 0 Å². The molecule has 0 saturated carbocycles. The summed E-state index contributed by atoms with van der Waals surface area (Å²) in [5, 5.41) is 0. The number of ether oxygens (including phenoxy) is 3. The second kappa shape index (κ2) is 64.4. The van der Waals surface area contributed by atoms with Gasteiger partial charge in [0.05, 0.1) is 0 Å². The normalized spacial score (nSPS) is 12.5. The Bertz CT molecular complexity index is 1400. The van der Waals surface area contributed by atoms with Gasteiger partial charge < -0.3 is 14.2 Å². The van der Waals surface area contributed by atoms with Gasteiger partial charge in [0.1, 0.15) is 13.2 Å². The lowest BCUT2D eigenvalue weighted by atomic mass is 10.0. The largest absolute Gasteiger partial charge is 0.462 e. The van der Waals surface area contributed by atoms with E-state index in [0.717, 1.165) is 89.9 Å². The summed E-state index contributed by atoms with van der Waals surface area (Å²) in [7, 11) is 0. The van der Waals surface area contributed by atoms with Gasteiger partial charge in [-0.1, -0.05) is 293 Å². The van der Waals surface area contributed by atoms with Gasteiger partial charge in [-0.05, 0) is 96.3 Å². The van der Waals surface area contributed by atoms with E-state index in [1.54, 1.807) is 0 Å². The summed E-state index contributed by atoms with van der Waals surface area (Å²) >= 11 is 0. The van der Waals surface area contributed by atoms with Gasteiger partial charge in [-0.25, -0.2) is 0 Å². The van der Waals surface area contributed by atoms with Crippen molar-refractivity contribution in [3.05, 3.63) is 72.9 Å². The van der Waals surface area contributed by atoms with Crippen LogP contribution in [-0.4, -0.2) is 37.2 Å². The number of allylic oxidation sites excluding steroid dienone is 12. The van der Waals surface area contributed by atoms with Crippen molar-refractivity contribution in [1.29, 1.82) is 0 Å². The Kier molecular flexibility index (Phi) is 61.7. The standard InChI is InChI=1S/C70H124O6/c1-4-7-10-13-16-18-20-22-24-26-28-30-32-33-34-35-36-37-39-40-42-44-46-48-50-52-54-57-60-63-69(72)75-66-67(65-74-68(71)62-59-56-15-12-9-6-3)76-70(73)64-61-58-55-53-51-49-47-45-43-41-38-31-29-27-25-23-21-19-17-14-11-8-5-2/h20-23,26-29,32-33,38,41,67H,4-19,24-25,30-31,34-37,39-40,42-66H2,1-3H3/b22-20-,23-21-,28-26-,29-27-,33-32-,41-38-. The Balaban J connectivity index is 4.07. The van der Waals surface area contributed by atoms with Crippen molar-refractivity contribution in [2.75, 3.05) is 13.2 Å². The molecule has 6 nitrogen and oxygen atoms in total. The van der Waals surface area contributed by atoms with Gasteiger partial charge in [0, 0.05) is 19.3 Å². The van der Waals surface area contributed by atoms with Gasteiger partial charge >= 0.3 is 17.9 Å². The van der Waals surface area contributed by atoms with Crippen LogP contribution in [0.4, 0.5) is 0 Å². The average molecular weight is 1060 g/mol. The summed E-state index contributed by atoms with van der Waals surface area (Å²) in [6.45, 7) is 6.58. The monoisotopic (exact) mass is 1060 g/mol. The SMILES string of the molecule is CCCCCCC/C=C\C/C=C\C/C=C\CCCCCCCCCCCCCCCCC(=O)OCC(COC(=O)CCCCCCCC)OC(=O)CCCCCCCCCC/C=C\C/C=C\C/C=C\CCCCCCC. The highest BCUT2D eigenvalue weighted by Crippen LogP contribution is 2.17. The molecule has 0 aromatic heterocycles. The van der Waals surface area contributed by atoms with E-state index < -0.39 is 6.10 Å². The Morgan fingerprint density at radius 1 is 0.263 bits per heavy atom. The Labute approximate surface area is 472 Å². The molecule has 0 aliphatic carbocycles.